The Morgan fingerprint density at radius 1 is 1.15 bits per heavy atom. The Kier molecular flexibility index (Phi) is 3.22. The Morgan fingerprint density at radius 2 is 2.04 bits per heavy atom. The molecule has 2 amide bonds. The molecule has 4 heterocycles. The number of ether oxygens (including phenoxy) is 2. The predicted molar refractivity (Wildman–Crippen MR) is 89.0 cm³/mol. The average molecular weight is 355 g/mol. The predicted octanol–water partition coefficient (Wildman–Crippen LogP) is 1.67. The van der Waals surface area contributed by atoms with Crippen LogP contribution in [0.5, 0.6) is 11.5 Å². The number of fused-ring (bicyclic) bond motifs is 1. The second-order valence-electron chi connectivity index (χ2n) is 7.05. The molecule has 0 aliphatic carbocycles. The number of benzene rings is 1. The molecule has 0 bridgehead atoms. The summed E-state index contributed by atoms with van der Waals surface area (Å²) < 4.78 is 15.7. The number of rotatable bonds is 2. The lowest BCUT2D eigenvalue weighted by Gasteiger charge is -2.24. The number of nitrogens with zero attached hydrogens (tertiary/aromatic N) is 3. The maximum Gasteiger partial charge on any atom is 0.292 e. The van der Waals surface area contributed by atoms with Gasteiger partial charge in [0, 0.05) is 49.3 Å². The van der Waals surface area contributed by atoms with Crippen LogP contribution in [0.4, 0.5) is 5.69 Å². The molecular formula is C18H17N3O5. The third-order valence-corrected chi connectivity index (χ3v) is 5.36. The van der Waals surface area contributed by atoms with Gasteiger partial charge in [0.1, 0.15) is 0 Å². The Balaban J connectivity index is 1.34. The molecule has 0 radical (unpaired) electrons. The van der Waals surface area contributed by atoms with Crippen LogP contribution in [0.25, 0.3) is 0 Å². The van der Waals surface area contributed by atoms with E-state index in [1.807, 2.05) is 18.2 Å². The van der Waals surface area contributed by atoms with Crippen LogP contribution in [0.15, 0.2) is 35.0 Å². The Hall–Kier alpha value is -3.03. The van der Waals surface area contributed by atoms with Crippen LogP contribution in [-0.2, 0) is 4.79 Å². The second kappa shape index (κ2) is 5.48. The van der Waals surface area contributed by atoms with Crippen molar-refractivity contribution in [3.05, 3.63) is 36.2 Å². The van der Waals surface area contributed by atoms with Crippen molar-refractivity contribution in [2.24, 2.45) is 5.41 Å². The summed E-state index contributed by atoms with van der Waals surface area (Å²) in [5.74, 6) is 1.48. The van der Waals surface area contributed by atoms with Crippen molar-refractivity contribution in [3.8, 4) is 11.5 Å². The zero-order valence-corrected chi connectivity index (χ0v) is 14.0. The Morgan fingerprint density at radius 3 is 2.88 bits per heavy atom. The lowest BCUT2D eigenvalue weighted by molar-refractivity contribution is -0.117. The van der Waals surface area contributed by atoms with Crippen molar-refractivity contribution in [1.82, 2.24) is 10.1 Å². The highest BCUT2D eigenvalue weighted by atomic mass is 16.7. The van der Waals surface area contributed by atoms with Gasteiger partial charge in [-0.2, -0.15) is 0 Å². The standard InChI is InChI=1S/C18H17N3O5/c22-16-8-18(4-6-20(9-18)17(23)14-3-5-19-26-14)10-21(16)12-1-2-13-15(7-12)25-11-24-13/h1-3,5,7H,4,6,8-11H2. The SMILES string of the molecule is O=C(c1ccno1)N1CCC2(CC(=O)N(c3ccc4c(c3)OCO4)C2)C1. The molecule has 8 nitrogen and oxygen atoms in total. The first-order valence-electron chi connectivity index (χ1n) is 8.54. The van der Waals surface area contributed by atoms with Gasteiger partial charge in [0.15, 0.2) is 11.5 Å². The molecule has 0 saturated carbocycles. The van der Waals surface area contributed by atoms with Crippen LogP contribution < -0.4 is 14.4 Å². The number of carbonyl (C=O) groups excluding carboxylic acids is 2. The maximum atomic E-state index is 12.7. The molecule has 0 N–H and O–H groups in total. The van der Waals surface area contributed by atoms with Gasteiger partial charge in [-0.3, -0.25) is 9.59 Å². The van der Waals surface area contributed by atoms with Crippen molar-refractivity contribution in [2.75, 3.05) is 31.3 Å². The quantitative estimate of drug-likeness (QED) is 0.815. The van der Waals surface area contributed by atoms with Crippen LogP contribution >= 0.6 is 0 Å². The average Bonchev–Trinajstić information content (AvgIpc) is 3.42. The molecule has 2 saturated heterocycles. The molecule has 5 rings (SSSR count). The monoisotopic (exact) mass is 355 g/mol. The van der Waals surface area contributed by atoms with Gasteiger partial charge in [0.25, 0.3) is 5.91 Å². The van der Waals surface area contributed by atoms with E-state index < -0.39 is 0 Å². The van der Waals surface area contributed by atoms with Gasteiger partial charge in [-0.15, -0.1) is 0 Å². The minimum atomic E-state index is -0.219. The molecule has 3 aliphatic heterocycles. The third kappa shape index (κ3) is 2.33. The van der Waals surface area contributed by atoms with Crippen molar-refractivity contribution in [2.45, 2.75) is 12.8 Å². The smallest absolute Gasteiger partial charge is 0.292 e. The molecular weight excluding hydrogens is 338 g/mol. The van der Waals surface area contributed by atoms with Crippen molar-refractivity contribution >= 4 is 17.5 Å². The Labute approximate surface area is 149 Å². The highest BCUT2D eigenvalue weighted by Gasteiger charge is 2.49. The van der Waals surface area contributed by atoms with E-state index in [9.17, 15) is 9.59 Å². The van der Waals surface area contributed by atoms with Gasteiger partial charge >= 0.3 is 0 Å². The second-order valence-corrected chi connectivity index (χ2v) is 7.05. The molecule has 1 spiro atoms. The van der Waals surface area contributed by atoms with E-state index in [0.29, 0.717) is 37.6 Å². The van der Waals surface area contributed by atoms with Crippen LogP contribution in [0.3, 0.4) is 0 Å². The van der Waals surface area contributed by atoms with E-state index in [0.717, 1.165) is 12.1 Å². The zero-order chi connectivity index (χ0) is 17.7. The van der Waals surface area contributed by atoms with E-state index in [1.54, 1.807) is 15.9 Å². The van der Waals surface area contributed by atoms with E-state index in [-0.39, 0.29) is 29.8 Å². The molecule has 1 unspecified atom stereocenters. The topological polar surface area (TPSA) is 85.1 Å². The van der Waals surface area contributed by atoms with Gasteiger partial charge in [-0.1, -0.05) is 5.16 Å². The molecule has 3 aliphatic rings. The van der Waals surface area contributed by atoms with Gasteiger partial charge in [-0.05, 0) is 18.6 Å². The number of likely N-dealkylation sites (tertiary alicyclic amines) is 1. The summed E-state index contributed by atoms with van der Waals surface area (Å²) in [6.45, 7) is 1.95. The van der Waals surface area contributed by atoms with Crippen molar-refractivity contribution < 1.29 is 23.6 Å². The minimum absolute atomic E-state index is 0.0674. The van der Waals surface area contributed by atoms with E-state index in [1.165, 1.54) is 6.20 Å². The van der Waals surface area contributed by atoms with Gasteiger partial charge in [-0.25, -0.2) is 0 Å². The van der Waals surface area contributed by atoms with Crippen molar-refractivity contribution in [1.29, 1.82) is 0 Å². The first kappa shape index (κ1) is 15.2. The summed E-state index contributed by atoms with van der Waals surface area (Å²) in [5, 5.41) is 3.59. The molecule has 1 aromatic heterocycles. The summed E-state index contributed by atoms with van der Waals surface area (Å²) in [4.78, 5) is 28.7. The molecule has 134 valence electrons. The molecule has 8 heteroatoms. The fourth-order valence-electron chi connectivity index (χ4n) is 4.05. The molecule has 2 fully saturated rings. The van der Waals surface area contributed by atoms with E-state index in [4.69, 9.17) is 14.0 Å². The molecule has 26 heavy (non-hydrogen) atoms. The van der Waals surface area contributed by atoms with Crippen LogP contribution in [0.2, 0.25) is 0 Å². The summed E-state index contributed by atoms with van der Waals surface area (Å²) >= 11 is 0. The number of hydrogen-bond acceptors (Lipinski definition) is 6. The number of carbonyl (C=O) groups is 2. The number of anilines is 1. The minimum Gasteiger partial charge on any atom is -0.454 e. The fourth-order valence-corrected chi connectivity index (χ4v) is 4.05. The number of amides is 2. The van der Waals surface area contributed by atoms with Gasteiger partial charge < -0.3 is 23.8 Å². The highest BCUT2D eigenvalue weighted by Crippen LogP contribution is 2.44. The molecule has 1 aromatic carbocycles. The lowest BCUT2D eigenvalue weighted by atomic mass is 9.86. The van der Waals surface area contributed by atoms with Crippen LogP contribution in [0.1, 0.15) is 23.4 Å². The maximum absolute atomic E-state index is 12.7. The first-order valence-corrected chi connectivity index (χ1v) is 8.54. The molecule has 2 aromatic rings. The van der Waals surface area contributed by atoms with Crippen LogP contribution in [0, 0.1) is 5.41 Å². The van der Waals surface area contributed by atoms with E-state index >= 15 is 0 Å². The Bertz CT molecular complexity index is 881. The van der Waals surface area contributed by atoms with Crippen molar-refractivity contribution in [3.63, 3.8) is 0 Å². The van der Waals surface area contributed by atoms with E-state index in [2.05, 4.69) is 5.16 Å². The lowest BCUT2D eigenvalue weighted by Crippen LogP contribution is -2.34. The van der Waals surface area contributed by atoms with Gasteiger partial charge in [0.2, 0.25) is 18.5 Å². The summed E-state index contributed by atoms with van der Waals surface area (Å²) in [5.41, 5.74) is 0.583. The normalized spacial score (nSPS) is 24.1. The fraction of sp³-hybridized carbons (Fsp3) is 0.389. The number of aromatic nitrogens is 1. The summed E-state index contributed by atoms with van der Waals surface area (Å²) in [6.07, 6.45) is 2.68. The highest BCUT2D eigenvalue weighted by molar-refractivity contribution is 5.97. The van der Waals surface area contributed by atoms with Crippen LogP contribution in [-0.4, -0.2) is 48.3 Å². The summed E-state index contributed by atoms with van der Waals surface area (Å²) in [6, 6.07) is 7.10. The summed E-state index contributed by atoms with van der Waals surface area (Å²) in [7, 11) is 0. The number of hydrogen-bond donors (Lipinski definition) is 0. The molecule has 1 atom stereocenters. The van der Waals surface area contributed by atoms with Gasteiger partial charge in [0.05, 0.1) is 6.20 Å². The third-order valence-electron chi connectivity index (χ3n) is 5.36. The zero-order valence-electron chi connectivity index (χ0n) is 14.0. The first-order chi connectivity index (χ1) is 12.6. The largest absolute Gasteiger partial charge is 0.454 e.